The number of hydrogen-bond acceptors (Lipinski definition) is 8. The van der Waals surface area contributed by atoms with E-state index in [0.29, 0.717) is 11.5 Å². The van der Waals surface area contributed by atoms with E-state index in [-0.39, 0.29) is 5.82 Å². The monoisotopic (exact) mass is 272 g/mol. The van der Waals surface area contributed by atoms with Gasteiger partial charge in [0.05, 0.1) is 7.05 Å². The summed E-state index contributed by atoms with van der Waals surface area (Å²) in [5.74, 6) is 0.326. The van der Waals surface area contributed by atoms with Gasteiger partial charge in [0.15, 0.2) is 0 Å². The van der Waals surface area contributed by atoms with E-state index in [1.54, 1.807) is 19.4 Å². The van der Waals surface area contributed by atoms with Gasteiger partial charge >= 0.3 is 5.82 Å². The van der Waals surface area contributed by atoms with Crippen LogP contribution in [0.3, 0.4) is 0 Å². The average Bonchev–Trinajstić information content (AvgIpc) is 2.83. The Morgan fingerprint density at radius 3 is 3.00 bits per heavy atom. The van der Waals surface area contributed by atoms with E-state index in [2.05, 4.69) is 15.2 Å². The Hall–Kier alpha value is -1.62. The molecule has 0 saturated heterocycles. The van der Waals surface area contributed by atoms with Crippen molar-refractivity contribution in [2.75, 3.05) is 0 Å². The first-order chi connectivity index (χ1) is 8.50. The van der Waals surface area contributed by atoms with Gasteiger partial charge in [-0.2, -0.15) is 10.3 Å². The predicted octanol–water partition coefficient (Wildman–Crippen LogP) is -0.0620. The summed E-state index contributed by atoms with van der Waals surface area (Å²) >= 11 is 1.27. The largest absolute Gasteiger partial charge is 0.377 e. The maximum atomic E-state index is 10.7. The molecule has 1 aliphatic heterocycles. The lowest BCUT2D eigenvalue weighted by molar-refractivity contribution is -0.391. The number of hydrogen-bond donors (Lipinski definition) is 3. The van der Waals surface area contributed by atoms with Gasteiger partial charge in [-0.15, -0.1) is 0 Å². The number of nitro groups is 1. The van der Waals surface area contributed by atoms with E-state index in [4.69, 9.17) is 0 Å². The van der Waals surface area contributed by atoms with Gasteiger partial charge in [-0.1, -0.05) is 0 Å². The Morgan fingerprint density at radius 2 is 2.44 bits per heavy atom. The second kappa shape index (κ2) is 4.94. The van der Waals surface area contributed by atoms with Crippen molar-refractivity contribution in [3.8, 4) is 0 Å². The predicted molar refractivity (Wildman–Crippen MR) is 65.2 cm³/mol. The van der Waals surface area contributed by atoms with E-state index in [1.165, 1.54) is 27.8 Å². The average molecular weight is 272 g/mol. The summed E-state index contributed by atoms with van der Waals surface area (Å²) < 4.78 is 1.37. The Morgan fingerprint density at radius 1 is 1.72 bits per heavy atom. The molecule has 0 radical (unpaired) electrons. The summed E-state index contributed by atoms with van der Waals surface area (Å²) in [7, 11) is 1.56. The van der Waals surface area contributed by atoms with Crippen LogP contribution in [0.5, 0.6) is 0 Å². The van der Waals surface area contributed by atoms with Crippen LogP contribution in [-0.4, -0.2) is 30.9 Å². The third-order valence-corrected chi connectivity index (χ3v) is 2.88. The zero-order valence-corrected chi connectivity index (χ0v) is 10.5. The highest BCUT2D eigenvalue weighted by molar-refractivity contribution is 8.00. The number of rotatable bonds is 4. The molecule has 1 unspecified atom stereocenters. The third-order valence-electron chi connectivity index (χ3n) is 2.25. The first-order valence-electron chi connectivity index (χ1n) is 5.03. The number of aliphatic hydroxyl groups excluding tert-OH is 1. The molecule has 0 fully saturated rings. The number of nitrogens with zero attached hydrogens (tertiary/aromatic N) is 4. The lowest BCUT2D eigenvalue weighted by Gasteiger charge is -2.22. The first kappa shape index (κ1) is 12.8. The molecule has 18 heavy (non-hydrogen) atoms. The van der Waals surface area contributed by atoms with E-state index < -0.39 is 11.2 Å². The van der Waals surface area contributed by atoms with Crippen LogP contribution in [0.4, 0.5) is 5.82 Å². The molecule has 3 N–H and O–H groups in total. The standard InChI is InChI=1S/C8H12N6O3S/c1-5(15)10-13-6(4-18-11-13)8-9-3-7(12(8)2)14(16)17/h3-5,10-11,15H,1-2H3. The van der Waals surface area contributed by atoms with Crippen molar-refractivity contribution in [1.29, 1.82) is 0 Å². The molecule has 2 heterocycles. The smallest absolute Gasteiger partial charge is 0.342 e. The Balaban J connectivity index is 2.28. The van der Waals surface area contributed by atoms with Crippen LogP contribution in [0.1, 0.15) is 12.7 Å². The molecule has 10 heteroatoms. The van der Waals surface area contributed by atoms with Crippen molar-refractivity contribution in [2.24, 2.45) is 7.05 Å². The second-order valence-electron chi connectivity index (χ2n) is 3.61. The minimum Gasteiger partial charge on any atom is -0.377 e. The molecule has 0 saturated carbocycles. The summed E-state index contributed by atoms with van der Waals surface area (Å²) in [4.78, 5) is 17.1. The number of nitrogens with one attached hydrogen (secondary N) is 2. The van der Waals surface area contributed by atoms with Gasteiger partial charge in [0.2, 0.25) is 5.82 Å². The van der Waals surface area contributed by atoms with Gasteiger partial charge in [-0.3, -0.25) is 0 Å². The van der Waals surface area contributed by atoms with E-state index >= 15 is 0 Å². The van der Waals surface area contributed by atoms with Gasteiger partial charge < -0.3 is 15.2 Å². The molecule has 1 aromatic heterocycles. The summed E-state index contributed by atoms with van der Waals surface area (Å²) in [6, 6.07) is 0. The van der Waals surface area contributed by atoms with Crippen LogP contribution in [0.25, 0.3) is 5.70 Å². The number of aromatic nitrogens is 2. The number of imidazole rings is 1. The summed E-state index contributed by atoms with van der Waals surface area (Å²) in [6.07, 6.45) is 0.426. The maximum Gasteiger partial charge on any atom is 0.342 e. The summed E-state index contributed by atoms with van der Waals surface area (Å²) in [5.41, 5.74) is 3.32. The molecule has 0 spiro atoms. The first-order valence-corrected chi connectivity index (χ1v) is 5.91. The zero-order valence-electron chi connectivity index (χ0n) is 9.69. The van der Waals surface area contributed by atoms with Crippen molar-refractivity contribution in [3.05, 3.63) is 27.5 Å². The highest BCUT2D eigenvalue weighted by Gasteiger charge is 2.27. The molecule has 1 atom stereocenters. The molecule has 0 bridgehead atoms. The van der Waals surface area contributed by atoms with Crippen LogP contribution < -0.4 is 10.3 Å². The molecular weight excluding hydrogens is 260 g/mol. The second-order valence-corrected chi connectivity index (χ2v) is 4.26. The molecule has 2 rings (SSSR count). The van der Waals surface area contributed by atoms with E-state index in [1.807, 2.05) is 0 Å². The van der Waals surface area contributed by atoms with Crippen molar-refractivity contribution in [2.45, 2.75) is 13.2 Å². The Kier molecular flexibility index (Phi) is 3.52. The Labute approximate surface area is 107 Å². The maximum absolute atomic E-state index is 10.7. The molecule has 0 aromatic carbocycles. The van der Waals surface area contributed by atoms with Crippen LogP contribution in [-0.2, 0) is 7.05 Å². The van der Waals surface area contributed by atoms with Crippen LogP contribution >= 0.6 is 11.9 Å². The van der Waals surface area contributed by atoms with Crippen molar-refractivity contribution >= 4 is 23.5 Å². The van der Waals surface area contributed by atoms with Crippen LogP contribution in [0.15, 0.2) is 11.6 Å². The van der Waals surface area contributed by atoms with Crippen molar-refractivity contribution in [1.82, 2.24) is 24.9 Å². The summed E-state index contributed by atoms with van der Waals surface area (Å²) in [6.45, 7) is 1.56. The summed E-state index contributed by atoms with van der Waals surface area (Å²) in [5, 5.41) is 23.2. The van der Waals surface area contributed by atoms with Gasteiger partial charge in [-0.25, -0.2) is 14.7 Å². The van der Waals surface area contributed by atoms with Gasteiger partial charge in [0.25, 0.3) is 0 Å². The van der Waals surface area contributed by atoms with Crippen molar-refractivity contribution < 1.29 is 10.0 Å². The van der Waals surface area contributed by atoms with Crippen LogP contribution in [0, 0.1) is 10.1 Å². The number of aliphatic hydroxyl groups is 1. The van der Waals surface area contributed by atoms with Gasteiger partial charge in [-0.05, 0) is 23.8 Å². The van der Waals surface area contributed by atoms with Crippen molar-refractivity contribution in [3.63, 3.8) is 0 Å². The molecule has 0 amide bonds. The van der Waals surface area contributed by atoms with Crippen LogP contribution in [0.2, 0.25) is 0 Å². The van der Waals surface area contributed by atoms with E-state index in [0.717, 1.165) is 0 Å². The lowest BCUT2D eigenvalue weighted by Crippen LogP contribution is -2.45. The van der Waals surface area contributed by atoms with E-state index in [9.17, 15) is 15.2 Å². The highest BCUT2D eigenvalue weighted by atomic mass is 32.2. The minimum absolute atomic E-state index is 0.0974. The lowest BCUT2D eigenvalue weighted by atomic mass is 10.4. The SMILES string of the molecule is CC(O)NN1NSC=C1c1ncc([N+](=O)[O-])n1C. The number of hydrazine groups is 2. The normalized spacial score (nSPS) is 16.8. The fraction of sp³-hybridized carbons (Fsp3) is 0.375. The quantitative estimate of drug-likeness (QED) is 0.303. The fourth-order valence-corrected chi connectivity index (χ4v) is 2.11. The third kappa shape index (κ3) is 2.31. The zero-order chi connectivity index (χ0) is 13.3. The van der Waals surface area contributed by atoms with Gasteiger partial charge in [0.1, 0.15) is 18.1 Å². The highest BCUT2D eigenvalue weighted by Crippen LogP contribution is 2.26. The molecule has 1 aliphatic rings. The fourth-order valence-electron chi connectivity index (χ4n) is 1.48. The molecule has 1 aromatic rings. The molecule has 98 valence electrons. The topological polar surface area (TPSA) is 108 Å². The molecular formula is C8H12N6O3S. The van der Waals surface area contributed by atoms with Gasteiger partial charge in [0, 0.05) is 5.41 Å². The minimum atomic E-state index is -0.769. The molecule has 9 nitrogen and oxygen atoms in total. The molecule has 0 aliphatic carbocycles. The Bertz CT molecular complexity index is 499.